The van der Waals surface area contributed by atoms with Crippen molar-refractivity contribution in [2.24, 2.45) is 0 Å². The number of halogens is 3. The SMILES string of the molecule is Cc1cc2c(cc1-c1noc(-c3ccc(OC(C)C)c(C#N)c3)n1)CCNCC2.O=C(O)C(F)(F)F. The highest BCUT2D eigenvalue weighted by Crippen LogP contribution is 2.30. The molecule has 0 amide bonds. The Morgan fingerprint density at radius 1 is 1.19 bits per heavy atom. The molecule has 0 spiro atoms. The number of hydrogen-bond acceptors (Lipinski definition) is 7. The first-order valence-corrected chi connectivity index (χ1v) is 11.2. The Kier molecular flexibility index (Phi) is 8.32. The van der Waals surface area contributed by atoms with Crippen LogP contribution in [0.25, 0.3) is 22.8 Å². The number of aliphatic carboxylic acids is 1. The highest BCUT2D eigenvalue weighted by atomic mass is 19.4. The molecule has 0 saturated carbocycles. The first-order valence-electron chi connectivity index (χ1n) is 11.2. The van der Waals surface area contributed by atoms with E-state index in [1.54, 1.807) is 12.1 Å². The van der Waals surface area contributed by atoms with Gasteiger partial charge in [-0.3, -0.25) is 0 Å². The molecule has 0 aliphatic carbocycles. The van der Waals surface area contributed by atoms with E-state index < -0.39 is 12.1 Å². The lowest BCUT2D eigenvalue weighted by molar-refractivity contribution is -0.192. The van der Waals surface area contributed by atoms with Crippen LogP contribution in [0.5, 0.6) is 5.75 Å². The van der Waals surface area contributed by atoms with E-state index in [9.17, 15) is 18.4 Å². The van der Waals surface area contributed by atoms with Crippen LogP contribution >= 0.6 is 0 Å². The van der Waals surface area contributed by atoms with E-state index in [1.807, 2.05) is 19.9 Å². The predicted octanol–water partition coefficient (Wildman–Crippen LogP) is 4.69. The second kappa shape index (κ2) is 11.2. The van der Waals surface area contributed by atoms with Gasteiger partial charge in [0, 0.05) is 11.1 Å². The van der Waals surface area contributed by atoms with Gasteiger partial charge >= 0.3 is 12.1 Å². The van der Waals surface area contributed by atoms with Crippen molar-refractivity contribution in [2.75, 3.05) is 13.1 Å². The third-order valence-corrected chi connectivity index (χ3v) is 5.31. The van der Waals surface area contributed by atoms with Crippen LogP contribution in [0, 0.1) is 18.3 Å². The molecule has 1 aromatic heterocycles. The minimum absolute atomic E-state index is 0.00524. The molecule has 11 heteroatoms. The molecule has 0 radical (unpaired) electrons. The van der Waals surface area contributed by atoms with Gasteiger partial charge in [0.15, 0.2) is 0 Å². The summed E-state index contributed by atoms with van der Waals surface area (Å²) in [7, 11) is 0. The number of nitrogens with one attached hydrogen (secondary N) is 1. The molecule has 0 saturated heterocycles. The fraction of sp³-hybridized carbons (Fsp3) is 0.360. The molecule has 2 heterocycles. The van der Waals surface area contributed by atoms with Gasteiger partial charge in [0.25, 0.3) is 5.89 Å². The van der Waals surface area contributed by atoms with Crippen molar-refractivity contribution in [1.29, 1.82) is 5.26 Å². The van der Waals surface area contributed by atoms with Crippen molar-refractivity contribution in [2.45, 2.75) is 45.9 Å². The number of alkyl halides is 3. The van der Waals surface area contributed by atoms with Gasteiger partial charge in [-0.25, -0.2) is 4.79 Å². The summed E-state index contributed by atoms with van der Waals surface area (Å²) in [6, 6.07) is 11.9. The second-order valence-electron chi connectivity index (χ2n) is 8.40. The maximum absolute atomic E-state index is 10.6. The summed E-state index contributed by atoms with van der Waals surface area (Å²) in [4.78, 5) is 13.5. The second-order valence-corrected chi connectivity index (χ2v) is 8.40. The summed E-state index contributed by atoms with van der Waals surface area (Å²) in [5.74, 6) is -1.24. The zero-order chi connectivity index (χ0) is 26.5. The number of ether oxygens (including phenoxy) is 1. The molecule has 1 aliphatic heterocycles. The highest BCUT2D eigenvalue weighted by molar-refractivity contribution is 5.73. The summed E-state index contributed by atoms with van der Waals surface area (Å²) in [6.07, 6.45) is -3.05. The molecule has 3 aromatic rings. The summed E-state index contributed by atoms with van der Waals surface area (Å²) in [6.45, 7) is 7.93. The first-order chi connectivity index (χ1) is 17.0. The molecule has 0 bridgehead atoms. The lowest BCUT2D eigenvalue weighted by atomic mass is 9.96. The number of carboxylic acids is 1. The topological polar surface area (TPSA) is 121 Å². The monoisotopic (exact) mass is 502 g/mol. The Labute approximate surface area is 205 Å². The number of rotatable bonds is 4. The molecule has 190 valence electrons. The van der Waals surface area contributed by atoms with Crippen LogP contribution in [0.2, 0.25) is 0 Å². The minimum atomic E-state index is -5.08. The van der Waals surface area contributed by atoms with Gasteiger partial charge in [0.05, 0.1) is 11.7 Å². The van der Waals surface area contributed by atoms with Crippen LogP contribution < -0.4 is 10.1 Å². The molecule has 0 fully saturated rings. The molecule has 0 unspecified atom stereocenters. The number of carboxylic acid groups (broad SMARTS) is 1. The Bertz CT molecular complexity index is 1280. The van der Waals surface area contributed by atoms with E-state index in [0.717, 1.165) is 37.1 Å². The van der Waals surface area contributed by atoms with Crippen LogP contribution in [0.4, 0.5) is 13.2 Å². The molecule has 36 heavy (non-hydrogen) atoms. The smallest absolute Gasteiger partial charge is 0.490 e. The fourth-order valence-electron chi connectivity index (χ4n) is 3.65. The molecular weight excluding hydrogens is 477 g/mol. The van der Waals surface area contributed by atoms with Crippen molar-refractivity contribution >= 4 is 5.97 Å². The number of benzene rings is 2. The quantitative estimate of drug-likeness (QED) is 0.527. The Hall–Kier alpha value is -3.91. The van der Waals surface area contributed by atoms with Crippen LogP contribution in [-0.4, -0.2) is 46.6 Å². The standard InChI is InChI=1S/C23H24N4O2.C2HF3O2/c1-14(2)28-21-5-4-18(11-19(21)13-24)23-26-22(27-29-23)20-12-17-7-9-25-8-6-16(17)10-15(20)3;3-2(4,5)1(6)7/h4-5,10-12,14,25H,6-9H2,1-3H3;(H,6,7). The number of aromatic nitrogens is 2. The largest absolute Gasteiger partial charge is 0.490 e. The van der Waals surface area contributed by atoms with Crippen LogP contribution in [-0.2, 0) is 17.6 Å². The number of fused-ring (bicyclic) bond motifs is 1. The van der Waals surface area contributed by atoms with Crippen LogP contribution in [0.3, 0.4) is 0 Å². The molecular formula is C25H25F3N4O4. The van der Waals surface area contributed by atoms with Gasteiger partial charge in [-0.15, -0.1) is 0 Å². The van der Waals surface area contributed by atoms with E-state index in [2.05, 4.69) is 40.6 Å². The predicted molar refractivity (Wildman–Crippen MR) is 124 cm³/mol. The van der Waals surface area contributed by atoms with Crippen LogP contribution in [0.15, 0.2) is 34.9 Å². The maximum Gasteiger partial charge on any atom is 0.490 e. The number of nitrogens with zero attached hydrogens (tertiary/aromatic N) is 3. The first kappa shape index (κ1) is 26.7. The van der Waals surface area contributed by atoms with Gasteiger partial charge in [0.2, 0.25) is 5.82 Å². The van der Waals surface area contributed by atoms with E-state index >= 15 is 0 Å². The van der Waals surface area contributed by atoms with E-state index in [-0.39, 0.29) is 6.10 Å². The molecule has 2 N–H and O–H groups in total. The van der Waals surface area contributed by atoms with E-state index in [1.165, 1.54) is 11.1 Å². The highest BCUT2D eigenvalue weighted by Gasteiger charge is 2.38. The Balaban J connectivity index is 0.000000454. The van der Waals surface area contributed by atoms with Gasteiger partial charge in [-0.05, 0) is 87.7 Å². The minimum Gasteiger partial charge on any atom is -0.490 e. The molecule has 4 rings (SSSR count). The van der Waals surface area contributed by atoms with Gasteiger partial charge in [0.1, 0.15) is 11.8 Å². The Morgan fingerprint density at radius 3 is 2.42 bits per heavy atom. The molecule has 0 atom stereocenters. The summed E-state index contributed by atoms with van der Waals surface area (Å²) in [5.41, 5.74) is 6.00. The summed E-state index contributed by atoms with van der Waals surface area (Å²) < 4.78 is 42.9. The number of hydrogen-bond donors (Lipinski definition) is 2. The molecule has 8 nitrogen and oxygen atoms in total. The average Bonchev–Trinajstić information content (AvgIpc) is 3.18. The Morgan fingerprint density at radius 2 is 1.83 bits per heavy atom. The third kappa shape index (κ3) is 6.60. The van der Waals surface area contributed by atoms with Crippen LogP contribution in [0.1, 0.15) is 36.1 Å². The van der Waals surface area contributed by atoms with E-state index in [0.29, 0.717) is 28.6 Å². The van der Waals surface area contributed by atoms with Crippen molar-refractivity contribution in [1.82, 2.24) is 15.5 Å². The van der Waals surface area contributed by atoms with Crippen molar-refractivity contribution in [3.05, 3.63) is 52.6 Å². The zero-order valence-electron chi connectivity index (χ0n) is 19.9. The van der Waals surface area contributed by atoms with Gasteiger partial charge in [-0.2, -0.15) is 23.4 Å². The lowest BCUT2D eigenvalue weighted by Crippen LogP contribution is -2.21. The summed E-state index contributed by atoms with van der Waals surface area (Å²) in [5, 5.41) is 24.2. The van der Waals surface area contributed by atoms with Gasteiger partial charge in [-0.1, -0.05) is 11.2 Å². The molecule has 2 aromatic carbocycles. The van der Waals surface area contributed by atoms with Crippen molar-refractivity contribution in [3.63, 3.8) is 0 Å². The van der Waals surface area contributed by atoms with Gasteiger partial charge < -0.3 is 19.7 Å². The van der Waals surface area contributed by atoms with Crippen molar-refractivity contribution in [3.8, 4) is 34.7 Å². The third-order valence-electron chi connectivity index (χ3n) is 5.31. The maximum atomic E-state index is 10.6. The zero-order valence-corrected chi connectivity index (χ0v) is 19.9. The van der Waals surface area contributed by atoms with Crippen molar-refractivity contribution < 1.29 is 32.3 Å². The normalized spacial score (nSPS) is 13.2. The fourth-order valence-corrected chi connectivity index (χ4v) is 3.65. The lowest BCUT2D eigenvalue weighted by Gasteiger charge is -2.11. The number of nitriles is 1. The molecule has 1 aliphatic rings. The average molecular weight is 502 g/mol. The summed E-state index contributed by atoms with van der Waals surface area (Å²) >= 11 is 0. The number of carbonyl (C=O) groups is 1. The van der Waals surface area contributed by atoms with E-state index in [4.69, 9.17) is 19.2 Å². The number of aryl methyl sites for hydroxylation is 1.